The van der Waals surface area contributed by atoms with Crippen molar-refractivity contribution in [3.63, 3.8) is 0 Å². The van der Waals surface area contributed by atoms with Gasteiger partial charge in [-0.3, -0.25) is 4.79 Å². The summed E-state index contributed by atoms with van der Waals surface area (Å²) in [4.78, 5) is 25.7. The van der Waals surface area contributed by atoms with Gasteiger partial charge in [-0.2, -0.15) is 5.10 Å². The molecule has 0 aliphatic heterocycles. The first-order chi connectivity index (χ1) is 18.0. The van der Waals surface area contributed by atoms with Crippen molar-refractivity contribution in [2.75, 3.05) is 14.2 Å². The van der Waals surface area contributed by atoms with Crippen molar-refractivity contribution in [2.45, 2.75) is 37.6 Å². The van der Waals surface area contributed by atoms with Crippen LogP contribution < -0.4 is 14.8 Å². The van der Waals surface area contributed by atoms with Crippen LogP contribution in [0.2, 0.25) is 0 Å². The number of benzene rings is 3. The SMILES string of the molecule is COc1cccc(OC)c1-c1cc(C(=O)NC2(C(=O)O)CCCCC2)nn1-c1cccc2ccccc12. The Labute approximate surface area is 214 Å². The largest absolute Gasteiger partial charge is 0.496 e. The topological polar surface area (TPSA) is 103 Å². The third kappa shape index (κ3) is 4.39. The number of nitrogens with one attached hydrogen (secondary N) is 1. The average molecular weight is 500 g/mol. The van der Waals surface area contributed by atoms with Crippen LogP contribution in [0.5, 0.6) is 11.5 Å². The van der Waals surface area contributed by atoms with Gasteiger partial charge in [0.1, 0.15) is 17.0 Å². The number of hydrogen-bond donors (Lipinski definition) is 2. The highest BCUT2D eigenvalue weighted by molar-refractivity contribution is 5.98. The number of nitrogens with zero attached hydrogens (tertiary/aromatic N) is 2. The van der Waals surface area contributed by atoms with Gasteiger partial charge < -0.3 is 19.9 Å². The van der Waals surface area contributed by atoms with Crippen LogP contribution >= 0.6 is 0 Å². The number of aromatic nitrogens is 2. The minimum atomic E-state index is -1.29. The number of aliphatic carboxylic acids is 1. The second-order valence-corrected chi connectivity index (χ2v) is 9.26. The van der Waals surface area contributed by atoms with E-state index in [1.165, 1.54) is 0 Å². The number of carbonyl (C=O) groups excluding carboxylic acids is 1. The van der Waals surface area contributed by atoms with E-state index in [1.807, 2.05) is 60.7 Å². The molecule has 5 rings (SSSR count). The molecule has 1 aliphatic rings. The number of ether oxygens (including phenoxy) is 2. The first-order valence-electron chi connectivity index (χ1n) is 12.3. The maximum Gasteiger partial charge on any atom is 0.329 e. The van der Waals surface area contributed by atoms with Crippen molar-refractivity contribution < 1.29 is 24.2 Å². The summed E-state index contributed by atoms with van der Waals surface area (Å²) < 4.78 is 13.0. The van der Waals surface area contributed by atoms with Gasteiger partial charge in [0.15, 0.2) is 5.69 Å². The predicted molar refractivity (Wildman–Crippen MR) is 141 cm³/mol. The van der Waals surface area contributed by atoms with E-state index in [4.69, 9.17) is 14.6 Å². The molecule has 8 heteroatoms. The molecular formula is C29H29N3O5. The highest BCUT2D eigenvalue weighted by Crippen LogP contribution is 2.40. The molecule has 1 heterocycles. The summed E-state index contributed by atoms with van der Waals surface area (Å²) in [5, 5.41) is 19.5. The monoisotopic (exact) mass is 499 g/mol. The molecular weight excluding hydrogens is 470 g/mol. The molecule has 0 unspecified atom stereocenters. The summed E-state index contributed by atoms with van der Waals surface area (Å²) in [7, 11) is 3.15. The Morgan fingerprint density at radius 1 is 0.919 bits per heavy atom. The lowest BCUT2D eigenvalue weighted by molar-refractivity contribution is -0.145. The summed E-state index contributed by atoms with van der Waals surface area (Å²) in [6.45, 7) is 0. The fraction of sp³-hybridized carbons (Fsp3) is 0.276. The van der Waals surface area contributed by atoms with E-state index in [9.17, 15) is 14.7 Å². The Morgan fingerprint density at radius 3 is 2.24 bits per heavy atom. The van der Waals surface area contributed by atoms with Crippen molar-refractivity contribution in [3.8, 4) is 28.4 Å². The predicted octanol–water partition coefficient (Wildman–Crippen LogP) is 5.23. The molecule has 8 nitrogen and oxygen atoms in total. The van der Waals surface area contributed by atoms with Crippen LogP contribution in [0.1, 0.15) is 42.6 Å². The Balaban J connectivity index is 1.69. The Kier molecular flexibility index (Phi) is 6.56. The van der Waals surface area contributed by atoms with E-state index in [2.05, 4.69) is 5.32 Å². The van der Waals surface area contributed by atoms with Crippen LogP contribution in [0.15, 0.2) is 66.7 Å². The first kappa shape index (κ1) is 24.4. The zero-order chi connectivity index (χ0) is 26.0. The molecule has 0 bridgehead atoms. The molecule has 37 heavy (non-hydrogen) atoms. The third-order valence-electron chi connectivity index (χ3n) is 7.09. The molecule has 1 fully saturated rings. The van der Waals surface area contributed by atoms with Crippen LogP contribution in [0.25, 0.3) is 27.7 Å². The van der Waals surface area contributed by atoms with Crippen molar-refractivity contribution in [1.82, 2.24) is 15.1 Å². The van der Waals surface area contributed by atoms with Crippen LogP contribution in [-0.4, -0.2) is 46.5 Å². The summed E-state index contributed by atoms with van der Waals surface area (Å²) in [5.41, 5.74) is 0.815. The van der Waals surface area contributed by atoms with Gasteiger partial charge >= 0.3 is 5.97 Å². The fourth-order valence-electron chi connectivity index (χ4n) is 5.18. The number of carboxylic acid groups (broad SMARTS) is 1. The number of carbonyl (C=O) groups is 2. The van der Waals surface area contributed by atoms with Gasteiger partial charge in [-0.25, -0.2) is 9.48 Å². The molecule has 0 radical (unpaired) electrons. The van der Waals surface area contributed by atoms with Gasteiger partial charge in [0.05, 0.1) is 31.2 Å². The molecule has 2 N–H and O–H groups in total. The van der Waals surface area contributed by atoms with Gasteiger partial charge in [0.2, 0.25) is 0 Å². The van der Waals surface area contributed by atoms with Crippen molar-refractivity contribution in [1.29, 1.82) is 0 Å². The molecule has 4 aromatic rings. The van der Waals surface area contributed by atoms with E-state index in [0.717, 1.165) is 35.7 Å². The van der Waals surface area contributed by atoms with E-state index in [-0.39, 0.29) is 5.69 Å². The zero-order valence-corrected chi connectivity index (χ0v) is 20.9. The van der Waals surface area contributed by atoms with Crippen molar-refractivity contribution in [2.24, 2.45) is 0 Å². The van der Waals surface area contributed by atoms with Crippen molar-refractivity contribution >= 4 is 22.6 Å². The molecule has 1 amide bonds. The lowest BCUT2D eigenvalue weighted by Gasteiger charge is -2.33. The van der Waals surface area contributed by atoms with Crippen LogP contribution in [0, 0.1) is 0 Å². The van der Waals surface area contributed by atoms with Crippen LogP contribution in [0.3, 0.4) is 0 Å². The van der Waals surface area contributed by atoms with Gasteiger partial charge in [0, 0.05) is 5.39 Å². The molecule has 0 spiro atoms. The number of amides is 1. The number of methoxy groups -OCH3 is 2. The molecule has 0 atom stereocenters. The van der Waals surface area contributed by atoms with Gasteiger partial charge in [-0.1, -0.05) is 61.7 Å². The lowest BCUT2D eigenvalue weighted by atomic mass is 9.81. The molecule has 190 valence electrons. The van der Waals surface area contributed by atoms with E-state index in [0.29, 0.717) is 35.6 Å². The van der Waals surface area contributed by atoms with E-state index >= 15 is 0 Å². The van der Waals surface area contributed by atoms with Gasteiger partial charge in [-0.15, -0.1) is 0 Å². The Hall–Kier alpha value is -4.33. The highest BCUT2D eigenvalue weighted by atomic mass is 16.5. The highest BCUT2D eigenvalue weighted by Gasteiger charge is 2.41. The summed E-state index contributed by atoms with van der Waals surface area (Å²) in [6.07, 6.45) is 3.25. The van der Waals surface area contributed by atoms with Gasteiger partial charge in [-0.05, 0) is 42.5 Å². The van der Waals surface area contributed by atoms with E-state index in [1.54, 1.807) is 25.0 Å². The lowest BCUT2D eigenvalue weighted by Crippen LogP contribution is -2.55. The third-order valence-corrected chi connectivity index (χ3v) is 7.09. The summed E-state index contributed by atoms with van der Waals surface area (Å²) in [6, 6.07) is 20.9. The standard InChI is InChI=1S/C29H29N3O5/c1-36-24-14-9-15-25(37-2)26(24)23-18-21(27(33)30-29(28(34)35)16-6-3-7-17-29)31-32(23)22-13-8-11-19-10-4-5-12-20(19)22/h4-5,8-15,18H,3,6-7,16-17H2,1-2H3,(H,30,33)(H,34,35). The number of carboxylic acids is 1. The van der Waals surface area contributed by atoms with E-state index < -0.39 is 17.4 Å². The molecule has 3 aromatic carbocycles. The quantitative estimate of drug-likeness (QED) is 0.361. The Morgan fingerprint density at radius 2 is 1.57 bits per heavy atom. The molecule has 0 saturated heterocycles. The number of rotatable bonds is 7. The average Bonchev–Trinajstić information content (AvgIpc) is 3.37. The smallest absolute Gasteiger partial charge is 0.329 e. The molecule has 1 aliphatic carbocycles. The van der Waals surface area contributed by atoms with Crippen LogP contribution in [-0.2, 0) is 4.79 Å². The normalized spacial score (nSPS) is 14.8. The maximum absolute atomic E-state index is 13.5. The van der Waals surface area contributed by atoms with Crippen molar-refractivity contribution in [3.05, 3.63) is 72.4 Å². The zero-order valence-electron chi connectivity index (χ0n) is 20.9. The maximum atomic E-state index is 13.5. The Bertz CT molecular complexity index is 1440. The molecule has 1 aromatic heterocycles. The first-order valence-corrected chi connectivity index (χ1v) is 12.3. The minimum Gasteiger partial charge on any atom is -0.496 e. The molecule has 1 saturated carbocycles. The number of fused-ring (bicyclic) bond motifs is 1. The second kappa shape index (κ2) is 9.97. The minimum absolute atomic E-state index is 0.113. The van der Waals surface area contributed by atoms with Gasteiger partial charge in [0.25, 0.3) is 5.91 Å². The fourth-order valence-corrected chi connectivity index (χ4v) is 5.18. The summed E-state index contributed by atoms with van der Waals surface area (Å²) >= 11 is 0. The number of hydrogen-bond acceptors (Lipinski definition) is 5. The second-order valence-electron chi connectivity index (χ2n) is 9.26. The van der Waals surface area contributed by atoms with Crippen LogP contribution in [0.4, 0.5) is 0 Å². The summed E-state index contributed by atoms with van der Waals surface area (Å²) in [5.74, 6) is -0.428.